The van der Waals surface area contributed by atoms with Gasteiger partial charge in [0.1, 0.15) is 0 Å². The van der Waals surface area contributed by atoms with E-state index in [1.807, 2.05) is 0 Å². The zero-order valence-corrected chi connectivity index (χ0v) is 17.0. The predicted octanol–water partition coefficient (Wildman–Crippen LogP) is 4.11. The molecule has 1 N–H and O–H groups in total. The zero-order valence-electron chi connectivity index (χ0n) is 17.0. The largest absolute Gasteiger partial charge is 0.411 e. The molecule has 2 aromatic carbocycles. The third kappa shape index (κ3) is 2.90. The molecule has 34 heavy (non-hydrogen) atoms. The van der Waals surface area contributed by atoms with Gasteiger partial charge in [0.25, 0.3) is 23.6 Å². The normalized spacial score (nSPS) is 16.0. The molecule has 0 fully saturated rings. The van der Waals surface area contributed by atoms with Gasteiger partial charge in [-0.15, -0.1) is 0 Å². The van der Waals surface area contributed by atoms with Gasteiger partial charge in [-0.1, -0.05) is 18.7 Å². The van der Waals surface area contributed by atoms with Gasteiger partial charge in [-0.25, -0.2) is 4.90 Å². The molecule has 2 aliphatic heterocycles. The van der Waals surface area contributed by atoms with Crippen LogP contribution in [0.4, 0.5) is 26.3 Å². The van der Waals surface area contributed by atoms with Crippen molar-refractivity contribution in [3.63, 3.8) is 0 Å². The third-order valence-corrected chi connectivity index (χ3v) is 5.72. The zero-order chi connectivity index (χ0) is 25.4. The minimum atomic E-state index is -6.01. The molecule has 4 amide bonds. The van der Waals surface area contributed by atoms with E-state index in [2.05, 4.69) is 6.58 Å². The molecule has 0 aromatic heterocycles. The van der Waals surface area contributed by atoms with Crippen molar-refractivity contribution in [2.75, 3.05) is 0 Å². The van der Waals surface area contributed by atoms with Gasteiger partial charge in [-0.3, -0.25) is 24.5 Å². The molecule has 0 atom stereocenters. The summed E-state index contributed by atoms with van der Waals surface area (Å²) < 4.78 is 86.6. The van der Waals surface area contributed by atoms with E-state index >= 15 is 0 Å². The fourth-order valence-corrected chi connectivity index (χ4v) is 4.20. The molecular formula is C22H12F6N2O4. The van der Waals surface area contributed by atoms with Crippen molar-refractivity contribution < 1.29 is 45.5 Å². The number of allylic oxidation sites excluding steroid dienone is 1. The van der Waals surface area contributed by atoms with Crippen molar-refractivity contribution in [1.29, 1.82) is 0 Å². The molecule has 0 unspecified atom stereocenters. The number of hydrogen-bond acceptors (Lipinski definition) is 4. The number of fused-ring (bicyclic) bond motifs is 2. The summed E-state index contributed by atoms with van der Waals surface area (Å²) in [6, 6.07) is 3.06. The number of nitrogens with zero attached hydrogens (tertiary/aromatic N) is 1. The monoisotopic (exact) mass is 482 g/mol. The number of alkyl halides is 6. The third-order valence-electron chi connectivity index (χ3n) is 5.72. The molecule has 12 heteroatoms. The summed E-state index contributed by atoms with van der Waals surface area (Å²) in [5.74, 6) is -4.16. The Bertz CT molecular complexity index is 1310. The van der Waals surface area contributed by atoms with Crippen LogP contribution in [0.5, 0.6) is 0 Å². The highest BCUT2D eigenvalue weighted by atomic mass is 19.4. The lowest BCUT2D eigenvalue weighted by Crippen LogP contribution is -2.55. The second-order valence-electron chi connectivity index (χ2n) is 7.73. The summed E-state index contributed by atoms with van der Waals surface area (Å²) in [6.45, 7) is 4.70. The van der Waals surface area contributed by atoms with Gasteiger partial charge in [-0.05, 0) is 42.3 Å². The molecule has 176 valence electrons. The average molecular weight is 482 g/mol. The van der Waals surface area contributed by atoms with Crippen LogP contribution in [-0.2, 0) is 5.41 Å². The molecule has 0 spiro atoms. The molecule has 2 aliphatic rings. The Morgan fingerprint density at radius 1 is 0.735 bits per heavy atom. The highest BCUT2D eigenvalue weighted by Crippen LogP contribution is 2.56. The van der Waals surface area contributed by atoms with Gasteiger partial charge in [-0.2, -0.15) is 26.3 Å². The number of benzene rings is 2. The summed E-state index contributed by atoms with van der Waals surface area (Å²) >= 11 is 0. The smallest absolute Gasteiger partial charge is 0.288 e. The summed E-state index contributed by atoms with van der Waals surface area (Å²) in [6.07, 6.45) is -12.0. The minimum absolute atomic E-state index is 0.0695. The Morgan fingerprint density at radius 2 is 1.18 bits per heavy atom. The van der Waals surface area contributed by atoms with E-state index in [-0.39, 0.29) is 16.8 Å². The van der Waals surface area contributed by atoms with Crippen molar-refractivity contribution in [3.05, 3.63) is 82.1 Å². The second kappa shape index (κ2) is 7.02. The molecule has 0 aliphatic carbocycles. The van der Waals surface area contributed by atoms with Crippen LogP contribution in [0.3, 0.4) is 0 Å². The van der Waals surface area contributed by atoms with E-state index in [4.69, 9.17) is 0 Å². The summed E-state index contributed by atoms with van der Waals surface area (Å²) in [5, 5.41) is 1.80. The maximum absolute atomic E-state index is 14.4. The Hall–Kier alpha value is -3.96. The number of hydrogen-bond donors (Lipinski definition) is 1. The fraction of sp³-hybridized carbons (Fsp3) is 0.182. The van der Waals surface area contributed by atoms with Crippen LogP contribution in [-0.4, -0.2) is 40.9 Å². The van der Waals surface area contributed by atoms with Crippen LogP contribution >= 0.6 is 0 Å². The first kappa shape index (κ1) is 23.2. The van der Waals surface area contributed by atoms with E-state index in [0.29, 0.717) is 41.3 Å². The van der Waals surface area contributed by atoms with Crippen LogP contribution in [0.15, 0.2) is 48.7 Å². The lowest BCUT2D eigenvalue weighted by atomic mass is 9.71. The van der Waals surface area contributed by atoms with Gasteiger partial charge in [0.05, 0.1) is 22.3 Å². The van der Waals surface area contributed by atoms with Gasteiger partial charge in [0.2, 0.25) is 5.41 Å². The van der Waals surface area contributed by atoms with Gasteiger partial charge >= 0.3 is 12.4 Å². The number of carbonyl (C=O) groups excluding carboxylic acids is 4. The topological polar surface area (TPSA) is 83.6 Å². The Labute approximate surface area is 186 Å². The van der Waals surface area contributed by atoms with Crippen molar-refractivity contribution in [2.24, 2.45) is 0 Å². The summed E-state index contributed by atoms with van der Waals surface area (Å²) in [7, 11) is 0. The van der Waals surface area contributed by atoms with Crippen molar-refractivity contribution in [3.8, 4) is 0 Å². The maximum atomic E-state index is 14.4. The Morgan fingerprint density at radius 3 is 1.68 bits per heavy atom. The molecule has 6 nitrogen and oxygen atoms in total. The number of nitrogens with one attached hydrogen (secondary N) is 1. The molecule has 2 aromatic rings. The maximum Gasteiger partial charge on any atom is 0.411 e. The number of imide groups is 2. The highest BCUT2D eigenvalue weighted by molar-refractivity contribution is 6.23. The molecule has 2 heterocycles. The number of halogens is 6. The first-order valence-corrected chi connectivity index (χ1v) is 9.45. The Kier molecular flexibility index (Phi) is 4.79. The SMILES string of the molecule is C=C(C)N1C(=O)c2ccc(C(c3ccc4c(c3)C(=O)NC4=O)(C(F)(F)F)C(F)(F)F)cc2C1=O. The van der Waals surface area contributed by atoms with Gasteiger partial charge in [0, 0.05) is 5.70 Å². The lowest BCUT2D eigenvalue weighted by Gasteiger charge is -2.38. The molecule has 0 saturated carbocycles. The predicted molar refractivity (Wildman–Crippen MR) is 103 cm³/mol. The molecule has 4 rings (SSSR count). The molecule has 0 bridgehead atoms. The van der Waals surface area contributed by atoms with Crippen molar-refractivity contribution >= 4 is 23.6 Å². The number of carbonyl (C=O) groups is 4. The van der Waals surface area contributed by atoms with E-state index in [1.165, 1.54) is 6.92 Å². The van der Waals surface area contributed by atoms with Crippen molar-refractivity contribution in [1.82, 2.24) is 10.2 Å². The number of amides is 4. The molecule has 0 radical (unpaired) electrons. The second-order valence-corrected chi connectivity index (χ2v) is 7.73. The standard InChI is InChI=1S/C22H12F6N2O4/c1-9(2)30-18(33)13-6-4-11(8-15(13)19(30)34)20(21(23,24)25,22(26,27)28)10-3-5-12-14(7-10)17(32)29-16(12)31/h3-8H,1H2,2H3,(H,29,31,32). The fourth-order valence-electron chi connectivity index (χ4n) is 4.20. The minimum Gasteiger partial charge on any atom is -0.288 e. The summed E-state index contributed by atoms with van der Waals surface area (Å²) in [5.41, 5.74) is -9.59. The summed E-state index contributed by atoms with van der Waals surface area (Å²) in [4.78, 5) is 49.2. The van der Waals surface area contributed by atoms with Gasteiger partial charge in [0.15, 0.2) is 0 Å². The van der Waals surface area contributed by atoms with Gasteiger partial charge < -0.3 is 0 Å². The van der Waals surface area contributed by atoms with Crippen molar-refractivity contribution in [2.45, 2.75) is 24.7 Å². The first-order chi connectivity index (χ1) is 15.6. The van der Waals surface area contributed by atoms with Crippen LogP contribution in [0.2, 0.25) is 0 Å². The first-order valence-electron chi connectivity index (χ1n) is 9.45. The van der Waals surface area contributed by atoms with Crippen LogP contribution in [0, 0.1) is 0 Å². The average Bonchev–Trinajstić information content (AvgIpc) is 3.12. The van der Waals surface area contributed by atoms with E-state index in [0.717, 1.165) is 0 Å². The lowest BCUT2D eigenvalue weighted by molar-refractivity contribution is -0.288. The van der Waals surface area contributed by atoms with Crippen LogP contribution in [0.25, 0.3) is 0 Å². The van der Waals surface area contributed by atoms with Crippen LogP contribution < -0.4 is 5.32 Å². The highest BCUT2D eigenvalue weighted by Gasteiger charge is 2.72. The molecular weight excluding hydrogens is 470 g/mol. The van der Waals surface area contributed by atoms with E-state index in [9.17, 15) is 45.5 Å². The van der Waals surface area contributed by atoms with Crippen LogP contribution in [0.1, 0.15) is 59.5 Å². The quantitative estimate of drug-likeness (QED) is 0.528. The molecule has 0 saturated heterocycles. The number of rotatable bonds is 3. The van der Waals surface area contributed by atoms with E-state index < -0.39 is 63.7 Å². The Balaban J connectivity index is 2.04. The van der Waals surface area contributed by atoms with E-state index in [1.54, 1.807) is 5.32 Å².